The Bertz CT molecular complexity index is 1310. The third-order valence-corrected chi connectivity index (χ3v) is 6.50. The van der Waals surface area contributed by atoms with Gasteiger partial charge in [0.2, 0.25) is 5.88 Å². The Labute approximate surface area is 209 Å². The molecule has 1 atom stereocenters. The number of aromatic nitrogens is 1. The molecular formula is C24H20BrFN4O3S. The Morgan fingerprint density at radius 2 is 2.06 bits per heavy atom. The first-order valence-corrected chi connectivity index (χ1v) is 11.9. The number of nitrogens with two attached hydrogens (primary N) is 1. The van der Waals surface area contributed by atoms with Crippen molar-refractivity contribution in [2.45, 2.75) is 31.7 Å². The van der Waals surface area contributed by atoms with Crippen LogP contribution in [0.25, 0.3) is 0 Å². The van der Waals surface area contributed by atoms with Crippen molar-refractivity contribution in [2.24, 2.45) is 5.73 Å². The van der Waals surface area contributed by atoms with Gasteiger partial charge >= 0.3 is 5.97 Å². The number of aryl methyl sites for hydroxylation is 2. The van der Waals surface area contributed by atoms with Crippen LogP contribution in [0, 0.1) is 42.3 Å². The number of rotatable bonds is 6. The molecule has 3 rings (SSSR count). The molecule has 34 heavy (non-hydrogen) atoms. The Morgan fingerprint density at radius 1 is 1.32 bits per heavy atom. The Kier molecular flexibility index (Phi) is 7.98. The number of pyridine rings is 1. The van der Waals surface area contributed by atoms with E-state index in [2.05, 4.69) is 27.0 Å². The second-order valence-corrected chi connectivity index (χ2v) is 9.19. The minimum atomic E-state index is -1.12. The molecule has 1 aliphatic heterocycles. The summed E-state index contributed by atoms with van der Waals surface area (Å²) < 4.78 is 26.4. The van der Waals surface area contributed by atoms with Crippen molar-refractivity contribution in [3.8, 4) is 12.1 Å². The molecule has 0 amide bonds. The molecule has 0 fully saturated rings. The van der Waals surface area contributed by atoms with E-state index < -0.39 is 17.7 Å². The lowest BCUT2D eigenvalue weighted by molar-refractivity contribution is -0.139. The van der Waals surface area contributed by atoms with E-state index in [9.17, 15) is 19.7 Å². The van der Waals surface area contributed by atoms with E-state index in [1.807, 2.05) is 19.9 Å². The first-order valence-electron chi connectivity index (χ1n) is 10.2. The molecule has 10 heteroatoms. The summed E-state index contributed by atoms with van der Waals surface area (Å²) in [7, 11) is 0. The topological polar surface area (TPSA) is 122 Å². The smallest absolute Gasteiger partial charge is 0.338 e. The van der Waals surface area contributed by atoms with Crippen LogP contribution in [0.3, 0.4) is 0 Å². The van der Waals surface area contributed by atoms with Gasteiger partial charge in [-0.3, -0.25) is 0 Å². The van der Waals surface area contributed by atoms with E-state index in [-0.39, 0.29) is 40.7 Å². The van der Waals surface area contributed by atoms with Crippen LogP contribution in [-0.4, -0.2) is 23.3 Å². The number of thioether (sulfide) groups is 1. The lowest BCUT2D eigenvalue weighted by Crippen LogP contribution is -2.27. The minimum absolute atomic E-state index is 0.0239. The van der Waals surface area contributed by atoms with Crippen LogP contribution in [-0.2, 0) is 14.3 Å². The molecule has 1 aromatic carbocycles. The Morgan fingerprint density at radius 3 is 2.68 bits per heavy atom. The molecule has 1 aromatic heterocycles. The van der Waals surface area contributed by atoms with Gasteiger partial charge in [0.1, 0.15) is 34.3 Å². The third-order valence-electron chi connectivity index (χ3n) is 5.03. The predicted octanol–water partition coefficient (Wildman–Crippen LogP) is 4.89. The SMILES string of the molecule is CCOC(=O)C1=C(CSc2nc(C)cc(C)c2C#N)OC(N)=C(C#N)C1c1ccc(Br)cc1F. The highest BCUT2D eigenvalue weighted by Crippen LogP contribution is 2.42. The summed E-state index contributed by atoms with van der Waals surface area (Å²) in [4.78, 5) is 17.5. The van der Waals surface area contributed by atoms with Crippen molar-refractivity contribution in [1.82, 2.24) is 4.98 Å². The number of benzene rings is 1. The second kappa shape index (κ2) is 10.7. The molecule has 0 spiro atoms. The number of nitrogens with zero attached hydrogens (tertiary/aromatic N) is 3. The van der Waals surface area contributed by atoms with Crippen LogP contribution < -0.4 is 5.73 Å². The normalized spacial score (nSPS) is 15.4. The van der Waals surface area contributed by atoms with Crippen molar-refractivity contribution in [3.63, 3.8) is 0 Å². The van der Waals surface area contributed by atoms with Gasteiger partial charge in [0, 0.05) is 15.7 Å². The largest absolute Gasteiger partial charge is 0.463 e. The first kappa shape index (κ1) is 25.3. The van der Waals surface area contributed by atoms with Gasteiger partial charge in [-0.1, -0.05) is 33.8 Å². The molecule has 1 aliphatic rings. The fourth-order valence-electron chi connectivity index (χ4n) is 3.58. The van der Waals surface area contributed by atoms with Crippen LogP contribution in [0.4, 0.5) is 4.39 Å². The zero-order chi connectivity index (χ0) is 25.0. The zero-order valence-corrected chi connectivity index (χ0v) is 21.0. The van der Waals surface area contributed by atoms with Crippen molar-refractivity contribution < 1.29 is 18.7 Å². The molecule has 0 saturated carbocycles. The fraction of sp³-hybridized carbons (Fsp3) is 0.250. The molecule has 0 radical (unpaired) electrons. The molecule has 2 N–H and O–H groups in total. The average Bonchev–Trinajstić information content (AvgIpc) is 2.77. The molecule has 1 unspecified atom stereocenters. The predicted molar refractivity (Wildman–Crippen MR) is 128 cm³/mol. The minimum Gasteiger partial charge on any atom is -0.463 e. The Balaban J connectivity index is 2.15. The number of esters is 1. The number of halogens is 2. The van der Waals surface area contributed by atoms with E-state index in [1.165, 1.54) is 23.9 Å². The molecule has 174 valence electrons. The lowest BCUT2D eigenvalue weighted by atomic mass is 9.83. The monoisotopic (exact) mass is 542 g/mol. The summed E-state index contributed by atoms with van der Waals surface area (Å²) in [5, 5.41) is 19.8. The van der Waals surface area contributed by atoms with Crippen molar-refractivity contribution in [2.75, 3.05) is 12.4 Å². The standard InChI is InChI=1S/C24H20BrFN4O3S/c1-4-32-24(31)21-19(11-34-23-16(9-27)12(2)7-13(3)30-23)33-22(29)17(10-28)20(21)15-6-5-14(25)8-18(15)26/h5-8,20H,4,11,29H2,1-3H3. The molecule has 0 aliphatic carbocycles. The summed E-state index contributed by atoms with van der Waals surface area (Å²) in [6.45, 7) is 5.32. The van der Waals surface area contributed by atoms with E-state index in [0.29, 0.717) is 15.1 Å². The van der Waals surface area contributed by atoms with Gasteiger partial charge in [0.15, 0.2) is 0 Å². The van der Waals surface area contributed by atoms with Crippen molar-refractivity contribution in [3.05, 3.63) is 79.7 Å². The fourth-order valence-corrected chi connectivity index (χ4v) is 4.96. The van der Waals surface area contributed by atoms with Gasteiger partial charge in [-0.2, -0.15) is 10.5 Å². The molecule has 0 bridgehead atoms. The summed E-state index contributed by atoms with van der Waals surface area (Å²) in [6.07, 6.45) is 0. The maximum Gasteiger partial charge on any atom is 0.338 e. The number of allylic oxidation sites excluding steroid dienone is 1. The number of ether oxygens (including phenoxy) is 2. The lowest BCUT2D eigenvalue weighted by Gasteiger charge is -2.28. The number of nitriles is 2. The van der Waals surface area contributed by atoms with Gasteiger partial charge in [-0.05, 0) is 44.5 Å². The molecule has 2 heterocycles. The van der Waals surface area contributed by atoms with Crippen LogP contribution in [0.15, 0.2) is 56.6 Å². The molecule has 7 nitrogen and oxygen atoms in total. The van der Waals surface area contributed by atoms with E-state index in [1.54, 1.807) is 19.1 Å². The van der Waals surface area contributed by atoms with Crippen LogP contribution in [0.2, 0.25) is 0 Å². The average molecular weight is 543 g/mol. The zero-order valence-electron chi connectivity index (χ0n) is 18.6. The third kappa shape index (κ3) is 5.09. The molecule has 0 saturated heterocycles. The van der Waals surface area contributed by atoms with Gasteiger partial charge in [-0.25, -0.2) is 14.2 Å². The van der Waals surface area contributed by atoms with Crippen LogP contribution in [0.1, 0.15) is 35.2 Å². The maximum absolute atomic E-state index is 15.0. The second-order valence-electron chi connectivity index (χ2n) is 7.31. The van der Waals surface area contributed by atoms with Gasteiger partial charge in [0.25, 0.3) is 0 Å². The first-order chi connectivity index (χ1) is 16.2. The molecular weight excluding hydrogens is 523 g/mol. The van der Waals surface area contributed by atoms with Crippen molar-refractivity contribution in [1.29, 1.82) is 10.5 Å². The maximum atomic E-state index is 15.0. The van der Waals surface area contributed by atoms with Crippen LogP contribution >= 0.6 is 27.7 Å². The van der Waals surface area contributed by atoms with E-state index in [0.717, 1.165) is 11.3 Å². The summed E-state index contributed by atoms with van der Waals surface area (Å²) >= 11 is 4.39. The summed E-state index contributed by atoms with van der Waals surface area (Å²) in [5.41, 5.74) is 7.89. The number of carbonyl (C=O) groups excluding carboxylic acids is 1. The highest BCUT2D eigenvalue weighted by Gasteiger charge is 2.39. The quantitative estimate of drug-likeness (QED) is 0.404. The number of hydrogen-bond donors (Lipinski definition) is 1. The van der Waals surface area contributed by atoms with Gasteiger partial charge in [0.05, 0.1) is 29.4 Å². The highest BCUT2D eigenvalue weighted by atomic mass is 79.9. The number of hydrogen-bond acceptors (Lipinski definition) is 8. The van der Waals surface area contributed by atoms with E-state index in [4.69, 9.17) is 15.2 Å². The van der Waals surface area contributed by atoms with Crippen LogP contribution in [0.5, 0.6) is 0 Å². The summed E-state index contributed by atoms with van der Waals surface area (Å²) in [6, 6.07) is 10.2. The Hall–Kier alpha value is -3.34. The summed E-state index contributed by atoms with van der Waals surface area (Å²) in [5.74, 6) is -2.57. The van der Waals surface area contributed by atoms with Gasteiger partial charge < -0.3 is 15.2 Å². The number of carbonyl (C=O) groups is 1. The highest BCUT2D eigenvalue weighted by molar-refractivity contribution is 9.10. The molecule has 2 aromatic rings. The van der Waals surface area contributed by atoms with E-state index >= 15 is 0 Å². The van der Waals surface area contributed by atoms with Crippen molar-refractivity contribution >= 4 is 33.7 Å². The van der Waals surface area contributed by atoms with Gasteiger partial charge in [-0.15, -0.1) is 0 Å².